The second kappa shape index (κ2) is 5.41. The molecule has 1 aromatic heterocycles. The molecule has 2 rings (SSSR count). The Labute approximate surface area is 116 Å². The van der Waals surface area contributed by atoms with Crippen molar-refractivity contribution < 1.29 is 13.3 Å². The number of aromatic nitrogens is 2. The molecule has 0 saturated heterocycles. The van der Waals surface area contributed by atoms with E-state index in [2.05, 4.69) is 4.98 Å². The maximum Gasteiger partial charge on any atom is 0.342 e. The van der Waals surface area contributed by atoms with Crippen molar-refractivity contribution >= 4 is 15.7 Å². The molecular weight excluding hydrogens is 282 g/mol. The number of imidazole rings is 1. The molecule has 0 unspecified atom stereocenters. The third kappa shape index (κ3) is 2.85. The van der Waals surface area contributed by atoms with Gasteiger partial charge in [0.2, 0.25) is 0 Å². The summed E-state index contributed by atoms with van der Waals surface area (Å²) in [5.74, 6) is 0.000392. The molecular formula is C12H13N3O4S. The molecule has 0 radical (unpaired) electrons. The van der Waals surface area contributed by atoms with E-state index in [1.807, 2.05) is 0 Å². The minimum absolute atomic E-state index is 0.000621. The summed E-state index contributed by atoms with van der Waals surface area (Å²) < 4.78 is 25.5. The number of nitrogens with zero attached hydrogens (tertiary/aromatic N) is 3. The lowest BCUT2D eigenvalue weighted by atomic mass is 10.4. The first kappa shape index (κ1) is 14.2. The average molecular weight is 295 g/mol. The van der Waals surface area contributed by atoms with Gasteiger partial charge in [0.25, 0.3) is 0 Å². The molecule has 0 atom stereocenters. The monoisotopic (exact) mass is 295 g/mol. The molecule has 8 heteroatoms. The van der Waals surface area contributed by atoms with Gasteiger partial charge in [-0.3, -0.25) is 0 Å². The topological polar surface area (TPSA) is 95.1 Å². The van der Waals surface area contributed by atoms with Crippen LogP contribution in [-0.2, 0) is 16.4 Å². The molecule has 1 aromatic carbocycles. The Kier molecular flexibility index (Phi) is 3.84. The van der Waals surface area contributed by atoms with Gasteiger partial charge in [0.1, 0.15) is 12.7 Å². The number of hydrogen-bond donors (Lipinski definition) is 0. The van der Waals surface area contributed by atoms with Gasteiger partial charge in [-0.05, 0) is 17.1 Å². The van der Waals surface area contributed by atoms with Crippen molar-refractivity contribution in [2.75, 3.05) is 5.75 Å². The summed E-state index contributed by atoms with van der Waals surface area (Å²) in [6, 6.07) is 8.01. The molecule has 0 aliphatic heterocycles. The van der Waals surface area contributed by atoms with Crippen molar-refractivity contribution in [1.82, 2.24) is 9.55 Å². The average Bonchev–Trinajstić information content (AvgIpc) is 2.79. The van der Waals surface area contributed by atoms with Gasteiger partial charge in [0, 0.05) is 6.92 Å². The lowest BCUT2D eigenvalue weighted by Crippen LogP contribution is -2.15. The van der Waals surface area contributed by atoms with Crippen LogP contribution in [0.1, 0.15) is 5.82 Å². The SMILES string of the molecule is Cc1ncc([N+](=O)[O-])n1CCS(=O)(=O)c1ccccc1. The molecule has 0 bridgehead atoms. The van der Waals surface area contributed by atoms with E-state index in [0.29, 0.717) is 5.82 Å². The van der Waals surface area contributed by atoms with E-state index >= 15 is 0 Å². The fourth-order valence-electron chi connectivity index (χ4n) is 1.84. The van der Waals surface area contributed by atoms with E-state index in [1.165, 1.54) is 16.7 Å². The Bertz CT molecular complexity index is 722. The first-order valence-corrected chi connectivity index (χ1v) is 7.51. The number of sulfone groups is 1. The van der Waals surface area contributed by atoms with Gasteiger partial charge in [-0.25, -0.2) is 18.0 Å². The van der Waals surface area contributed by atoms with E-state index in [4.69, 9.17) is 0 Å². The summed E-state index contributed by atoms with van der Waals surface area (Å²) in [5.41, 5.74) is 0. The zero-order chi connectivity index (χ0) is 14.8. The number of hydrogen-bond acceptors (Lipinski definition) is 5. The highest BCUT2D eigenvalue weighted by Gasteiger charge is 2.21. The number of benzene rings is 1. The van der Waals surface area contributed by atoms with Crippen LogP contribution in [0, 0.1) is 17.0 Å². The zero-order valence-corrected chi connectivity index (χ0v) is 11.6. The zero-order valence-electron chi connectivity index (χ0n) is 10.8. The van der Waals surface area contributed by atoms with E-state index < -0.39 is 14.8 Å². The smallest absolute Gasteiger partial charge is 0.342 e. The van der Waals surface area contributed by atoms with E-state index in [-0.39, 0.29) is 23.0 Å². The van der Waals surface area contributed by atoms with Crippen molar-refractivity contribution in [3.63, 3.8) is 0 Å². The van der Waals surface area contributed by atoms with Crippen LogP contribution in [-0.4, -0.2) is 28.6 Å². The van der Waals surface area contributed by atoms with Crippen molar-refractivity contribution in [3.8, 4) is 0 Å². The molecule has 0 saturated carbocycles. The van der Waals surface area contributed by atoms with E-state index in [1.54, 1.807) is 25.1 Å². The fraction of sp³-hybridized carbons (Fsp3) is 0.250. The Hall–Kier alpha value is -2.22. The third-order valence-electron chi connectivity index (χ3n) is 2.91. The van der Waals surface area contributed by atoms with Crippen LogP contribution in [0.2, 0.25) is 0 Å². The molecule has 0 spiro atoms. The van der Waals surface area contributed by atoms with Crippen LogP contribution >= 0.6 is 0 Å². The van der Waals surface area contributed by atoms with Crippen LogP contribution in [0.4, 0.5) is 5.82 Å². The van der Waals surface area contributed by atoms with Gasteiger partial charge >= 0.3 is 5.82 Å². The molecule has 1 heterocycles. The normalized spacial score (nSPS) is 11.4. The number of nitro groups is 1. The Morgan fingerprint density at radius 3 is 2.55 bits per heavy atom. The Balaban J connectivity index is 2.21. The lowest BCUT2D eigenvalue weighted by molar-refractivity contribution is -0.392. The Morgan fingerprint density at radius 2 is 1.95 bits per heavy atom. The summed E-state index contributed by atoms with van der Waals surface area (Å²) in [6.45, 7) is 1.60. The molecule has 20 heavy (non-hydrogen) atoms. The van der Waals surface area contributed by atoms with E-state index in [9.17, 15) is 18.5 Å². The fourth-order valence-corrected chi connectivity index (χ4v) is 3.07. The summed E-state index contributed by atoms with van der Waals surface area (Å²) in [5, 5.41) is 10.8. The molecule has 0 N–H and O–H groups in total. The van der Waals surface area contributed by atoms with E-state index in [0.717, 1.165) is 6.20 Å². The predicted molar refractivity (Wildman–Crippen MR) is 72.1 cm³/mol. The largest absolute Gasteiger partial charge is 0.358 e. The summed E-state index contributed by atoms with van der Waals surface area (Å²) in [6.07, 6.45) is 1.13. The quantitative estimate of drug-likeness (QED) is 0.616. The van der Waals surface area contributed by atoms with Gasteiger partial charge in [0.05, 0.1) is 10.6 Å². The van der Waals surface area contributed by atoms with Crippen molar-refractivity contribution in [2.24, 2.45) is 0 Å². The first-order valence-electron chi connectivity index (χ1n) is 5.86. The molecule has 0 aliphatic carbocycles. The molecule has 106 valence electrons. The molecule has 2 aromatic rings. The maximum absolute atomic E-state index is 12.1. The third-order valence-corrected chi connectivity index (χ3v) is 4.62. The Morgan fingerprint density at radius 1 is 1.30 bits per heavy atom. The first-order chi connectivity index (χ1) is 9.42. The molecule has 7 nitrogen and oxygen atoms in total. The van der Waals surface area contributed by atoms with Gasteiger partial charge in [-0.1, -0.05) is 18.2 Å². The van der Waals surface area contributed by atoms with Crippen molar-refractivity contribution in [3.05, 3.63) is 52.5 Å². The second-order valence-electron chi connectivity index (χ2n) is 4.20. The predicted octanol–water partition coefficient (Wildman–Crippen LogP) is 1.57. The number of rotatable bonds is 5. The highest BCUT2D eigenvalue weighted by atomic mass is 32.2. The minimum atomic E-state index is -3.47. The van der Waals surface area contributed by atoms with Crippen LogP contribution in [0.5, 0.6) is 0 Å². The number of aryl methyl sites for hydroxylation is 1. The maximum atomic E-state index is 12.1. The highest BCUT2D eigenvalue weighted by molar-refractivity contribution is 7.91. The highest BCUT2D eigenvalue weighted by Crippen LogP contribution is 2.16. The molecule has 0 aliphatic rings. The van der Waals surface area contributed by atoms with Crippen LogP contribution in [0.25, 0.3) is 0 Å². The summed E-state index contributed by atoms with van der Waals surface area (Å²) in [4.78, 5) is 14.3. The van der Waals surface area contributed by atoms with Gasteiger partial charge in [-0.2, -0.15) is 0 Å². The molecule has 0 amide bonds. The minimum Gasteiger partial charge on any atom is -0.358 e. The van der Waals surface area contributed by atoms with Gasteiger partial charge < -0.3 is 10.1 Å². The van der Waals surface area contributed by atoms with Gasteiger partial charge in [-0.15, -0.1) is 0 Å². The van der Waals surface area contributed by atoms with Crippen LogP contribution in [0.15, 0.2) is 41.4 Å². The standard InChI is InChI=1S/C12H13N3O4S/c1-10-13-9-12(15(16)17)14(10)7-8-20(18,19)11-5-3-2-4-6-11/h2-6,9H,7-8H2,1H3. The van der Waals surface area contributed by atoms with Crippen molar-refractivity contribution in [1.29, 1.82) is 0 Å². The second-order valence-corrected chi connectivity index (χ2v) is 6.31. The molecule has 0 fully saturated rings. The lowest BCUT2D eigenvalue weighted by Gasteiger charge is -2.05. The van der Waals surface area contributed by atoms with Crippen LogP contribution < -0.4 is 0 Å². The van der Waals surface area contributed by atoms with Crippen molar-refractivity contribution in [2.45, 2.75) is 18.4 Å². The van der Waals surface area contributed by atoms with Gasteiger partial charge in [0.15, 0.2) is 15.7 Å². The summed E-state index contributed by atoms with van der Waals surface area (Å²) >= 11 is 0. The van der Waals surface area contributed by atoms with Crippen LogP contribution in [0.3, 0.4) is 0 Å². The summed E-state index contributed by atoms with van der Waals surface area (Å²) in [7, 11) is -3.47.